The van der Waals surface area contributed by atoms with Crippen molar-refractivity contribution < 1.29 is 48.1 Å². The fourth-order valence-electron chi connectivity index (χ4n) is 5.09. The zero-order valence-electron chi connectivity index (χ0n) is 28.6. The zero-order valence-corrected chi connectivity index (χ0v) is 29.4. The Kier molecular flexibility index (Phi) is 16.0. The monoisotopic (exact) mass is 688 g/mol. The summed E-state index contributed by atoms with van der Waals surface area (Å²) >= 11 is 1.52. The van der Waals surface area contributed by atoms with Crippen LogP contribution in [-0.4, -0.2) is 88.0 Å². The molecule has 0 saturated heterocycles. The number of aliphatic carboxylic acids is 1. The van der Waals surface area contributed by atoms with E-state index in [4.69, 9.17) is 14.6 Å². The molecule has 1 aromatic carbocycles. The minimum absolute atomic E-state index is 0.133. The van der Waals surface area contributed by atoms with Crippen molar-refractivity contribution in [2.24, 2.45) is 17.8 Å². The van der Waals surface area contributed by atoms with E-state index in [2.05, 4.69) is 5.32 Å². The molecule has 48 heavy (non-hydrogen) atoms. The van der Waals surface area contributed by atoms with Gasteiger partial charge in [0.1, 0.15) is 11.4 Å². The number of carbonyl (C=O) groups is 7. The fourth-order valence-corrected chi connectivity index (χ4v) is 5.61. The summed E-state index contributed by atoms with van der Waals surface area (Å²) in [7, 11) is 0. The van der Waals surface area contributed by atoms with Crippen LogP contribution in [0.5, 0.6) is 5.75 Å². The highest BCUT2D eigenvalue weighted by molar-refractivity contribution is 7.98. The van der Waals surface area contributed by atoms with E-state index in [-0.39, 0.29) is 66.4 Å². The summed E-state index contributed by atoms with van der Waals surface area (Å²) in [6.07, 6.45) is 5.55. The second-order valence-corrected chi connectivity index (χ2v) is 14.1. The van der Waals surface area contributed by atoms with Crippen LogP contribution in [0.25, 0.3) is 0 Å². The number of hydrogen-bond acceptors (Lipinski definition) is 10. The number of esters is 1. The van der Waals surface area contributed by atoms with Gasteiger partial charge in [-0.25, -0.2) is 4.79 Å². The molecule has 0 unspecified atom stereocenters. The van der Waals surface area contributed by atoms with Crippen LogP contribution >= 0.6 is 11.8 Å². The number of unbranched alkanes of at least 4 members (excludes halogenated alkanes) is 1. The van der Waals surface area contributed by atoms with Crippen LogP contribution in [0.2, 0.25) is 0 Å². The molecule has 1 heterocycles. The number of carboxylic acid groups (broad SMARTS) is 1. The maximum Gasteiger partial charge on any atom is 0.341 e. The molecule has 0 aromatic heterocycles. The highest BCUT2D eigenvalue weighted by atomic mass is 32.2. The van der Waals surface area contributed by atoms with Crippen LogP contribution in [0.15, 0.2) is 36.4 Å². The molecular weight excluding hydrogens is 640 g/mol. The van der Waals surface area contributed by atoms with Crippen LogP contribution in [0.4, 0.5) is 0 Å². The van der Waals surface area contributed by atoms with Crippen LogP contribution in [0, 0.1) is 17.8 Å². The van der Waals surface area contributed by atoms with E-state index >= 15 is 0 Å². The third-order valence-corrected chi connectivity index (χ3v) is 8.22. The Labute approximate surface area is 286 Å². The van der Waals surface area contributed by atoms with E-state index in [9.17, 15) is 33.6 Å². The Bertz CT molecular complexity index is 1350. The maximum absolute atomic E-state index is 13.7. The van der Waals surface area contributed by atoms with Gasteiger partial charge < -0.3 is 19.9 Å². The lowest BCUT2D eigenvalue weighted by Crippen LogP contribution is -2.48. The molecule has 12 nitrogen and oxygen atoms in total. The number of nitrogens with one attached hydrogen (secondary N) is 1. The molecule has 0 fully saturated rings. The first kappa shape index (κ1) is 40.2. The first-order valence-corrected chi connectivity index (χ1v) is 17.5. The van der Waals surface area contributed by atoms with Gasteiger partial charge >= 0.3 is 11.9 Å². The molecule has 3 amide bonds. The van der Waals surface area contributed by atoms with Crippen molar-refractivity contribution in [2.45, 2.75) is 84.8 Å². The number of Topliss-reactive ketones (excluding diaryl/α,β-unsaturated/α-hetero) is 2. The van der Waals surface area contributed by atoms with Crippen LogP contribution in [-0.2, 0) is 33.5 Å². The summed E-state index contributed by atoms with van der Waals surface area (Å²) in [5.74, 6) is -4.65. The summed E-state index contributed by atoms with van der Waals surface area (Å²) in [4.78, 5) is 89.4. The molecule has 13 heteroatoms. The third kappa shape index (κ3) is 13.6. The number of benzene rings is 1. The Balaban J connectivity index is 2.14. The molecule has 0 spiro atoms. The van der Waals surface area contributed by atoms with E-state index in [0.29, 0.717) is 25.0 Å². The minimum Gasteiger partial charge on any atom is -0.482 e. The topological polar surface area (TPSA) is 173 Å². The van der Waals surface area contributed by atoms with Crippen LogP contribution in [0.1, 0.15) is 83.5 Å². The first-order chi connectivity index (χ1) is 22.5. The highest BCUT2D eigenvalue weighted by Crippen LogP contribution is 2.24. The second-order valence-electron chi connectivity index (χ2n) is 13.1. The highest BCUT2D eigenvalue weighted by Gasteiger charge is 2.34. The van der Waals surface area contributed by atoms with E-state index in [1.165, 1.54) is 36.0 Å². The number of imide groups is 1. The number of rotatable bonds is 21. The summed E-state index contributed by atoms with van der Waals surface area (Å²) in [5.41, 5.74) is -0.519. The molecule has 1 aliphatic rings. The normalized spacial score (nSPS) is 14.9. The first-order valence-electron chi connectivity index (χ1n) is 16.1. The molecule has 1 aliphatic heterocycles. The standard InChI is InChI=1S/C35H48N2O10S/c1-22(2)32(28(39)20-25(34(45)47-35(3,4)5)10-7-8-16-37-29(40)13-14-30(37)41)36-33(44)24(15-17-48-6)19-27(38)23-11-9-12-26(18-23)46-21-31(42)43/h9,11-14,18,22,24-25,32H,7-8,10,15-17,19-21H2,1-6H3,(H,36,44)(H,42,43)/t24-,25-,32+/m1/s1. The van der Waals surface area contributed by atoms with Crippen molar-refractivity contribution in [1.82, 2.24) is 10.2 Å². The second kappa shape index (κ2) is 19.1. The molecule has 2 rings (SSSR count). The van der Waals surface area contributed by atoms with Gasteiger partial charge in [-0.15, -0.1) is 0 Å². The van der Waals surface area contributed by atoms with Gasteiger partial charge in [-0.05, 0) is 70.1 Å². The Morgan fingerprint density at radius 1 is 0.958 bits per heavy atom. The number of amides is 3. The zero-order chi connectivity index (χ0) is 36.0. The van der Waals surface area contributed by atoms with Gasteiger partial charge in [0.05, 0.1) is 12.0 Å². The maximum atomic E-state index is 13.7. The van der Waals surface area contributed by atoms with E-state index in [0.717, 1.165) is 4.90 Å². The van der Waals surface area contributed by atoms with Crippen molar-refractivity contribution in [2.75, 3.05) is 25.2 Å². The van der Waals surface area contributed by atoms with Gasteiger partial charge in [-0.3, -0.25) is 33.7 Å². The summed E-state index contributed by atoms with van der Waals surface area (Å²) in [5, 5.41) is 11.7. The van der Waals surface area contributed by atoms with E-state index in [1.807, 2.05) is 6.26 Å². The molecular formula is C35H48N2O10S. The summed E-state index contributed by atoms with van der Waals surface area (Å²) in [6.45, 7) is 8.39. The molecule has 0 radical (unpaired) electrons. The Morgan fingerprint density at radius 2 is 1.62 bits per heavy atom. The SMILES string of the molecule is CSCC[C@H](CC(=O)c1cccc(OCC(=O)O)c1)C(=O)N[C@H](C(=O)C[C@@H](CCCCN1C(=O)C=CC1=O)C(=O)OC(C)(C)C)C(C)C. The minimum atomic E-state index is -1.15. The predicted octanol–water partition coefficient (Wildman–Crippen LogP) is 4.25. The molecule has 1 aromatic rings. The number of carbonyl (C=O) groups excluding carboxylic acids is 6. The fraction of sp³-hybridized carbons (Fsp3) is 0.571. The van der Waals surface area contributed by atoms with Crippen LogP contribution in [0.3, 0.4) is 0 Å². The van der Waals surface area contributed by atoms with Crippen molar-refractivity contribution in [3.05, 3.63) is 42.0 Å². The van der Waals surface area contributed by atoms with Crippen molar-refractivity contribution >= 4 is 53.0 Å². The largest absolute Gasteiger partial charge is 0.482 e. The summed E-state index contributed by atoms with van der Waals surface area (Å²) in [6, 6.07) is 5.18. The average molecular weight is 689 g/mol. The van der Waals surface area contributed by atoms with Crippen molar-refractivity contribution in [1.29, 1.82) is 0 Å². The number of ether oxygens (including phenoxy) is 2. The molecule has 264 valence electrons. The smallest absolute Gasteiger partial charge is 0.341 e. The van der Waals surface area contributed by atoms with Gasteiger partial charge in [0, 0.05) is 43.0 Å². The predicted molar refractivity (Wildman–Crippen MR) is 180 cm³/mol. The Hall–Kier alpha value is -4.00. The number of carboxylic acids is 1. The molecule has 2 N–H and O–H groups in total. The number of hydrogen-bond donors (Lipinski definition) is 2. The van der Waals surface area contributed by atoms with Gasteiger partial charge in [0.25, 0.3) is 11.8 Å². The van der Waals surface area contributed by atoms with E-state index in [1.54, 1.807) is 46.8 Å². The van der Waals surface area contributed by atoms with Gasteiger partial charge in [-0.2, -0.15) is 11.8 Å². The summed E-state index contributed by atoms with van der Waals surface area (Å²) < 4.78 is 10.8. The van der Waals surface area contributed by atoms with Gasteiger partial charge in [0.15, 0.2) is 18.2 Å². The number of nitrogens with zero attached hydrogens (tertiary/aromatic N) is 1. The average Bonchev–Trinajstić information content (AvgIpc) is 3.33. The Morgan fingerprint density at radius 3 is 2.21 bits per heavy atom. The molecule has 0 saturated carbocycles. The molecule has 0 bridgehead atoms. The lowest BCUT2D eigenvalue weighted by Gasteiger charge is -2.27. The van der Waals surface area contributed by atoms with E-state index < -0.39 is 47.9 Å². The third-order valence-electron chi connectivity index (χ3n) is 7.58. The van der Waals surface area contributed by atoms with Crippen molar-refractivity contribution in [3.63, 3.8) is 0 Å². The molecule has 3 atom stereocenters. The van der Waals surface area contributed by atoms with Gasteiger partial charge in [-0.1, -0.05) is 32.4 Å². The lowest BCUT2D eigenvalue weighted by atomic mass is 9.88. The lowest BCUT2D eigenvalue weighted by molar-refractivity contribution is -0.161. The van der Waals surface area contributed by atoms with Crippen molar-refractivity contribution in [3.8, 4) is 5.75 Å². The van der Waals surface area contributed by atoms with Gasteiger partial charge in [0.2, 0.25) is 5.91 Å². The van der Waals surface area contributed by atoms with Crippen LogP contribution < -0.4 is 10.1 Å². The number of ketones is 2. The number of thioether (sulfide) groups is 1. The quantitative estimate of drug-likeness (QED) is 0.0818. The molecule has 0 aliphatic carbocycles.